The van der Waals surface area contributed by atoms with Gasteiger partial charge in [0.1, 0.15) is 23.9 Å². The van der Waals surface area contributed by atoms with Gasteiger partial charge in [-0.1, -0.05) is 30.3 Å². The number of hydrogen-bond acceptors (Lipinski definition) is 5. The van der Waals surface area contributed by atoms with Gasteiger partial charge in [-0.3, -0.25) is 9.59 Å². The number of nitrogens with zero attached hydrogens (tertiary/aromatic N) is 1. The van der Waals surface area contributed by atoms with Crippen LogP contribution in [0.3, 0.4) is 0 Å². The van der Waals surface area contributed by atoms with E-state index in [-0.39, 0.29) is 17.7 Å². The smallest absolute Gasteiger partial charge is 0.298 e. The summed E-state index contributed by atoms with van der Waals surface area (Å²) in [6, 6.07) is 18.4. The van der Waals surface area contributed by atoms with Crippen molar-refractivity contribution in [3.8, 4) is 11.5 Å². The van der Waals surface area contributed by atoms with Crippen LogP contribution in [0.25, 0.3) is 6.08 Å². The first kappa shape index (κ1) is 22.1. The molecule has 0 radical (unpaired) electrons. The number of carbonyl (C=O) groups is 2. The Morgan fingerprint density at radius 2 is 1.84 bits per heavy atom. The fraction of sp³-hybridized carbons (Fsp3) is 0.0833. The summed E-state index contributed by atoms with van der Waals surface area (Å²) in [5.41, 5.74) is 1.84. The van der Waals surface area contributed by atoms with Gasteiger partial charge in [0.05, 0.1) is 22.2 Å². The predicted molar refractivity (Wildman–Crippen MR) is 126 cm³/mol. The van der Waals surface area contributed by atoms with Gasteiger partial charge in [0, 0.05) is 0 Å². The molecular formula is C24H17BrFNO4S. The summed E-state index contributed by atoms with van der Waals surface area (Å²) in [5, 5.41) is -0.389. The molecule has 0 unspecified atom stereocenters. The molecular weight excluding hydrogens is 497 g/mol. The zero-order chi connectivity index (χ0) is 22.7. The molecule has 1 aliphatic rings. The first-order chi connectivity index (χ1) is 15.5. The molecule has 8 heteroatoms. The molecule has 0 bridgehead atoms. The largest absolute Gasteiger partial charge is 0.495 e. The maximum Gasteiger partial charge on any atom is 0.298 e. The fourth-order valence-electron chi connectivity index (χ4n) is 3.15. The SMILES string of the molecule is COc1ccccc1N1C(=O)S/C(=C\c2ccc(OCc3cccc(F)c3)c(Br)c2)C1=O. The van der Waals surface area contributed by atoms with E-state index in [4.69, 9.17) is 9.47 Å². The predicted octanol–water partition coefficient (Wildman–Crippen LogP) is 6.42. The average molecular weight is 514 g/mol. The quantitative estimate of drug-likeness (QED) is 0.356. The number of imide groups is 1. The third kappa shape index (κ3) is 4.71. The van der Waals surface area contributed by atoms with Gasteiger partial charge in [0.25, 0.3) is 11.1 Å². The summed E-state index contributed by atoms with van der Waals surface area (Å²) in [5.74, 6) is 0.293. The second-order valence-corrected chi connectivity index (χ2v) is 8.64. The van der Waals surface area contributed by atoms with Gasteiger partial charge in [-0.15, -0.1) is 0 Å². The number of rotatable bonds is 6. The third-order valence-corrected chi connectivity index (χ3v) is 6.15. The van der Waals surface area contributed by atoms with Crippen molar-refractivity contribution < 1.29 is 23.5 Å². The molecule has 162 valence electrons. The molecule has 1 saturated heterocycles. The Hall–Kier alpha value is -3.10. The highest BCUT2D eigenvalue weighted by Gasteiger charge is 2.37. The zero-order valence-corrected chi connectivity index (χ0v) is 19.3. The Bertz CT molecular complexity index is 1230. The molecule has 0 aliphatic carbocycles. The minimum absolute atomic E-state index is 0.216. The number of ether oxygens (including phenoxy) is 2. The van der Waals surface area contributed by atoms with E-state index < -0.39 is 5.91 Å². The van der Waals surface area contributed by atoms with E-state index >= 15 is 0 Å². The molecule has 0 N–H and O–H groups in total. The molecule has 2 amide bonds. The van der Waals surface area contributed by atoms with E-state index in [2.05, 4.69) is 15.9 Å². The lowest BCUT2D eigenvalue weighted by molar-refractivity contribution is -0.113. The van der Waals surface area contributed by atoms with Crippen LogP contribution in [0.4, 0.5) is 14.9 Å². The van der Waals surface area contributed by atoms with Crippen molar-refractivity contribution in [2.45, 2.75) is 6.61 Å². The van der Waals surface area contributed by atoms with Crippen LogP contribution < -0.4 is 14.4 Å². The van der Waals surface area contributed by atoms with E-state index in [1.54, 1.807) is 60.7 Å². The lowest BCUT2D eigenvalue weighted by Gasteiger charge is -2.15. The maximum absolute atomic E-state index is 13.3. The minimum atomic E-state index is -0.410. The molecule has 1 aliphatic heterocycles. The van der Waals surface area contributed by atoms with Gasteiger partial charge in [-0.05, 0) is 81.3 Å². The number of benzene rings is 3. The molecule has 5 nitrogen and oxygen atoms in total. The van der Waals surface area contributed by atoms with Crippen LogP contribution in [-0.2, 0) is 11.4 Å². The van der Waals surface area contributed by atoms with Gasteiger partial charge in [-0.2, -0.15) is 0 Å². The normalized spacial score (nSPS) is 14.8. The van der Waals surface area contributed by atoms with Gasteiger partial charge >= 0.3 is 0 Å². The van der Waals surface area contributed by atoms with Crippen LogP contribution in [0.2, 0.25) is 0 Å². The number of methoxy groups -OCH3 is 1. The van der Waals surface area contributed by atoms with Crippen LogP contribution in [0.15, 0.2) is 76.1 Å². The molecule has 0 aromatic heterocycles. The summed E-state index contributed by atoms with van der Waals surface area (Å²) in [7, 11) is 1.49. The molecule has 1 heterocycles. The highest BCUT2D eigenvalue weighted by Crippen LogP contribution is 2.40. The summed E-state index contributed by atoms with van der Waals surface area (Å²) in [6.45, 7) is 0.216. The molecule has 0 spiro atoms. The molecule has 0 saturated carbocycles. The zero-order valence-electron chi connectivity index (χ0n) is 16.9. The van der Waals surface area contributed by atoms with Crippen LogP contribution in [0, 0.1) is 5.82 Å². The highest BCUT2D eigenvalue weighted by atomic mass is 79.9. The molecule has 1 fully saturated rings. The molecule has 0 atom stereocenters. The Balaban J connectivity index is 1.52. The Kier molecular flexibility index (Phi) is 6.62. The molecule has 3 aromatic rings. The minimum Gasteiger partial charge on any atom is -0.495 e. The highest BCUT2D eigenvalue weighted by molar-refractivity contribution is 9.10. The van der Waals surface area contributed by atoms with Crippen molar-refractivity contribution in [1.29, 1.82) is 0 Å². The van der Waals surface area contributed by atoms with Crippen molar-refractivity contribution in [2.75, 3.05) is 12.0 Å². The van der Waals surface area contributed by atoms with Gasteiger partial charge in [0.2, 0.25) is 0 Å². The topological polar surface area (TPSA) is 55.8 Å². The number of carbonyl (C=O) groups excluding carboxylic acids is 2. The Labute approximate surface area is 197 Å². The van der Waals surface area contributed by atoms with Crippen LogP contribution >= 0.6 is 27.7 Å². The van der Waals surface area contributed by atoms with Gasteiger partial charge < -0.3 is 9.47 Å². The van der Waals surface area contributed by atoms with E-state index in [1.165, 1.54) is 19.2 Å². The summed E-state index contributed by atoms with van der Waals surface area (Å²) < 4.78 is 25.0. The van der Waals surface area contributed by atoms with Gasteiger partial charge in [-0.25, -0.2) is 9.29 Å². The van der Waals surface area contributed by atoms with Gasteiger partial charge in [0.15, 0.2) is 0 Å². The second kappa shape index (κ2) is 9.58. The Morgan fingerprint density at radius 1 is 1.03 bits per heavy atom. The second-order valence-electron chi connectivity index (χ2n) is 6.80. The van der Waals surface area contributed by atoms with E-state index in [1.807, 2.05) is 0 Å². The number of thioether (sulfide) groups is 1. The number of amides is 2. The molecule has 3 aromatic carbocycles. The standard InChI is InChI=1S/C24H17BrFNO4S/c1-30-21-8-3-2-7-19(21)27-23(28)22(32-24(27)29)13-15-9-10-20(18(25)12-15)31-14-16-5-4-6-17(26)11-16/h2-13H,14H2,1H3/b22-13-. The number of anilines is 1. The monoisotopic (exact) mass is 513 g/mol. The van der Waals surface area contributed by atoms with Crippen molar-refractivity contribution in [3.05, 3.63) is 93.1 Å². The van der Waals surface area contributed by atoms with Crippen LogP contribution in [0.5, 0.6) is 11.5 Å². The summed E-state index contributed by atoms with van der Waals surface area (Å²) >= 11 is 4.34. The number of para-hydroxylation sites is 2. The van der Waals surface area contributed by atoms with Crippen molar-refractivity contribution >= 4 is 50.6 Å². The first-order valence-electron chi connectivity index (χ1n) is 9.54. The number of halogens is 2. The van der Waals surface area contributed by atoms with E-state index in [0.29, 0.717) is 32.1 Å². The van der Waals surface area contributed by atoms with E-state index in [9.17, 15) is 14.0 Å². The lowest BCUT2D eigenvalue weighted by Crippen LogP contribution is -2.28. The molecule has 32 heavy (non-hydrogen) atoms. The van der Waals surface area contributed by atoms with E-state index in [0.717, 1.165) is 22.2 Å². The first-order valence-corrected chi connectivity index (χ1v) is 11.1. The maximum atomic E-state index is 13.3. The lowest BCUT2D eigenvalue weighted by atomic mass is 10.2. The third-order valence-electron chi connectivity index (χ3n) is 4.66. The van der Waals surface area contributed by atoms with Crippen molar-refractivity contribution in [1.82, 2.24) is 0 Å². The summed E-state index contributed by atoms with van der Waals surface area (Å²) in [4.78, 5) is 26.9. The average Bonchev–Trinajstić information content (AvgIpc) is 3.05. The Morgan fingerprint density at radius 3 is 2.59 bits per heavy atom. The number of hydrogen-bond donors (Lipinski definition) is 0. The summed E-state index contributed by atoms with van der Waals surface area (Å²) in [6.07, 6.45) is 1.65. The fourth-order valence-corrected chi connectivity index (χ4v) is 4.50. The van der Waals surface area contributed by atoms with Crippen LogP contribution in [0.1, 0.15) is 11.1 Å². The van der Waals surface area contributed by atoms with Crippen molar-refractivity contribution in [3.63, 3.8) is 0 Å². The molecule has 4 rings (SSSR count). The van der Waals surface area contributed by atoms with Crippen molar-refractivity contribution in [2.24, 2.45) is 0 Å². The van der Waals surface area contributed by atoms with Crippen LogP contribution in [-0.4, -0.2) is 18.3 Å².